The molecule has 2 amide bonds. The van der Waals surface area contributed by atoms with Gasteiger partial charge in [-0.25, -0.2) is 5.43 Å². The monoisotopic (exact) mass is 884 g/mol. The molecule has 4 rings (SSSR count). The largest absolute Gasteiger partial charge is 0.375 e. The molecule has 64 heavy (non-hydrogen) atoms. The summed E-state index contributed by atoms with van der Waals surface area (Å²) in [6.45, 7) is 26.5. The molecule has 3 aromatic rings. The van der Waals surface area contributed by atoms with Crippen LogP contribution in [0, 0.1) is 30.1 Å². The third-order valence-electron chi connectivity index (χ3n) is 12.2. The second-order valence-electron chi connectivity index (χ2n) is 18.8. The summed E-state index contributed by atoms with van der Waals surface area (Å²) in [5.41, 5.74) is 22.3. The maximum Gasteiger partial charge on any atom is 0.234 e. The Bertz CT molecular complexity index is 1830. The molecule has 1 saturated carbocycles. The summed E-state index contributed by atoms with van der Waals surface area (Å²) in [6, 6.07) is 20.2. The van der Waals surface area contributed by atoms with Crippen LogP contribution in [0.3, 0.4) is 0 Å². The van der Waals surface area contributed by atoms with Gasteiger partial charge in [-0.1, -0.05) is 143 Å². The molecule has 358 valence electrons. The van der Waals surface area contributed by atoms with Crippen molar-refractivity contribution < 1.29 is 19.1 Å². The molecule has 1 heterocycles. The number of amides is 2. The van der Waals surface area contributed by atoms with Gasteiger partial charge in [0.1, 0.15) is 5.78 Å². The summed E-state index contributed by atoms with van der Waals surface area (Å²) in [7, 11) is 3.56. The number of unbranched alkanes of at least 4 members (excludes halogenated alkanes) is 3. The minimum Gasteiger partial charge on any atom is -0.375 e. The van der Waals surface area contributed by atoms with E-state index in [1.54, 1.807) is 21.1 Å². The number of methoxy groups -OCH3 is 1. The highest BCUT2D eigenvalue weighted by molar-refractivity contribution is 5.94. The van der Waals surface area contributed by atoms with E-state index in [0.29, 0.717) is 18.2 Å². The fourth-order valence-electron chi connectivity index (χ4n) is 7.79. The normalized spacial score (nSPS) is 13.9. The highest BCUT2D eigenvalue weighted by Crippen LogP contribution is 2.44. The minimum atomic E-state index is -0.209. The molecule has 0 radical (unpaired) electrons. The van der Waals surface area contributed by atoms with Crippen molar-refractivity contribution >= 4 is 29.2 Å². The number of nitrogens with two attached hydrogens (primary N) is 1. The van der Waals surface area contributed by atoms with Crippen molar-refractivity contribution in [2.45, 2.75) is 172 Å². The van der Waals surface area contributed by atoms with Crippen LogP contribution in [0.25, 0.3) is 22.3 Å². The van der Waals surface area contributed by atoms with Gasteiger partial charge in [-0.05, 0) is 135 Å². The van der Waals surface area contributed by atoms with Gasteiger partial charge < -0.3 is 15.8 Å². The molecule has 0 saturated heterocycles. The van der Waals surface area contributed by atoms with Crippen molar-refractivity contribution in [3.05, 3.63) is 88.7 Å². The van der Waals surface area contributed by atoms with Gasteiger partial charge >= 0.3 is 0 Å². The van der Waals surface area contributed by atoms with E-state index in [4.69, 9.17) is 15.5 Å². The van der Waals surface area contributed by atoms with E-state index in [-0.39, 0.29) is 35.2 Å². The van der Waals surface area contributed by atoms with Crippen LogP contribution in [0.4, 0.5) is 0 Å². The molecule has 2 aromatic carbocycles. The van der Waals surface area contributed by atoms with Crippen LogP contribution in [0.2, 0.25) is 0 Å². The van der Waals surface area contributed by atoms with Crippen molar-refractivity contribution in [1.29, 1.82) is 0 Å². The number of hydrogen-bond acceptors (Lipinski definition) is 7. The number of likely N-dealkylation sites (N-methyl/N-ethyl adjacent to an activating group) is 1. The first-order valence-electron chi connectivity index (χ1n) is 24.2. The smallest absolute Gasteiger partial charge is 0.234 e. The number of hydrazine groups is 1. The molecule has 0 aliphatic heterocycles. The second-order valence-corrected chi connectivity index (χ2v) is 18.8. The van der Waals surface area contributed by atoms with Crippen molar-refractivity contribution in [3.8, 4) is 11.1 Å². The van der Waals surface area contributed by atoms with Gasteiger partial charge in [-0.3, -0.25) is 24.8 Å². The first-order chi connectivity index (χ1) is 30.4. The summed E-state index contributed by atoms with van der Waals surface area (Å²) in [6.07, 6.45) is 16.2. The standard InChI is InChI=1S/C39H55N3O2.C8H16N2O.C5H10O.C3H8/c1-9-39(6,7)26-36(37(28(2)3)34-19-15-22-40-38(34)30(5)44-8)35-25-33(21-20-29(35)4)32-18-14-17-31(24-32)16-12-10-11-13-23-41-42-27-43;1-10-7(8(9)11)6-4-2-3-5-6;1-4(2)5(3)6;1-3-2/h14-15,17-22,24-25,27-28,30,41H,9-13,16,23,26H2,1-8H3,(H,42,43);6-7,10H,2-5H2,1H3,(H2,9,11);4H,1-3H3;3H2,1-2H3/b37-36+;;;. The van der Waals surface area contributed by atoms with Gasteiger partial charge in [0.05, 0.1) is 17.8 Å². The predicted molar refractivity (Wildman–Crippen MR) is 271 cm³/mol. The van der Waals surface area contributed by atoms with Crippen LogP contribution in [-0.4, -0.2) is 49.8 Å². The average Bonchev–Trinajstić information content (AvgIpc) is 3.80. The number of benzene rings is 2. The number of nitrogens with zero attached hydrogens (tertiary/aromatic N) is 1. The summed E-state index contributed by atoms with van der Waals surface area (Å²) in [4.78, 5) is 36.2. The van der Waals surface area contributed by atoms with Crippen LogP contribution in [-0.2, 0) is 25.5 Å². The van der Waals surface area contributed by atoms with E-state index in [1.165, 1.54) is 70.2 Å². The molecule has 1 aliphatic carbocycles. The van der Waals surface area contributed by atoms with Crippen molar-refractivity contribution in [2.24, 2.45) is 28.9 Å². The van der Waals surface area contributed by atoms with Crippen LogP contribution in [0.1, 0.15) is 181 Å². The van der Waals surface area contributed by atoms with Crippen molar-refractivity contribution in [1.82, 2.24) is 21.2 Å². The Hall–Kier alpha value is -4.18. The Kier molecular flexibility index (Phi) is 28.6. The average molecular weight is 884 g/mol. The number of aromatic nitrogens is 1. The van der Waals surface area contributed by atoms with Gasteiger partial charge in [0.2, 0.25) is 12.3 Å². The fourth-order valence-corrected chi connectivity index (χ4v) is 7.79. The number of primary amides is 1. The van der Waals surface area contributed by atoms with Crippen LogP contribution in [0.15, 0.2) is 60.8 Å². The molecular formula is C55H89N5O4. The lowest BCUT2D eigenvalue weighted by atomic mass is 9.75. The molecule has 9 heteroatoms. The molecule has 1 aliphatic rings. The number of hydrogen-bond donors (Lipinski definition) is 4. The zero-order chi connectivity index (χ0) is 48.2. The number of rotatable bonds is 22. The first-order valence-corrected chi connectivity index (χ1v) is 24.2. The Balaban J connectivity index is 0.000000840. The molecule has 2 atom stereocenters. The van der Waals surface area contributed by atoms with E-state index < -0.39 is 0 Å². The zero-order valence-corrected chi connectivity index (χ0v) is 42.6. The molecule has 1 aromatic heterocycles. The number of carbonyl (C=O) groups excluding carboxylic acids is 3. The fraction of sp³-hybridized carbons (Fsp3) is 0.600. The van der Waals surface area contributed by atoms with Crippen LogP contribution >= 0.6 is 0 Å². The lowest BCUT2D eigenvalue weighted by molar-refractivity contribution is -0.121. The molecular weight excluding hydrogens is 795 g/mol. The van der Waals surface area contributed by atoms with Crippen LogP contribution < -0.4 is 21.9 Å². The Morgan fingerprint density at radius 3 is 2.06 bits per heavy atom. The number of ether oxygens (including phenoxy) is 1. The topological polar surface area (TPSA) is 135 Å². The van der Waals surface area contributed by atoms with Gasteiger partial charge in [-0.2, -0.15) is 0 Å². The van der Waals surface area contributed by atoms with Gasteiger partial charge in [0.25, 0.3) is 0 Å². The Morgan fingerprint density at radius 2 is 1.52 bits per heavy atom. The lowest BCUT2D eigenvalue weighted by Gasteiger charge is -2.30. The molecule has 5 N–H and O–H groups in total. The number of ketones is 1. The first kappa shape index (κ1) is 57.8. The zero-order valence-electron chi connectivity index (χ0n) is 42.6. The highest BCUT2D eigenvalue weighted by Gasteiger charge is 2.28. The third-order valence-corrected chi connectivity index (χ3v) is 12.2. The number of aryl methyl sites for hydroxylation is 2. The maximum absolute atomic E-state index is 10.9. The minimum absolute atomic E-state index is 0.0910. The van der Waals surface area contributed by atoms with Crippen molar-refractivity contribution in [3.63, 3.8) is 0 Å². The predicted octanol–water partition coefficient (Wildman–Crippen LogP) is 12.4. The van der Waals surface area contributed by atoms with Gasteiger partial charge in [0, 0.05) is 31.3 Å². The van der Waals surface area contributed by atoms with E-state index in [1.807, 2.05) is 20.0 Å². The van der Waals surface area contributed by atoms with Gasteiger partial charge in [-0.15, -0.1) is 0 Å². The number of pyridine rings is 1. The number of allylic oxidation sites excluding steroid dienone is 2. The van der Waals surface area contributed by atoms with E-state index in [9.17, 15) is 14.4 Å². The molecule has 2 unspecified atom stereocenters. The summed E-state index contributed by atoms with van der Waals surface area (Å²) in [5, 5.41) is 2.97. The number of nitrogens with one attached hydrogen (secondary N) is 3. The quantitative estimate of drug-likeness (QED) is 0.0448. The Labute approximate surface area is 390 Å². The number of carbonyl (C=O) groups is 3. The van der Waals surface area contributed by atoms with E-state index in [0.717, 1.165) is 63.6 Å². The summed E-state index contributed by atoms with van der Waals surface area (Å²) < 4.78 is 5.79. The summed E-state index contributed by atoms with van der Waals surface area (Å²) >= 11 is 0. The highest BCUT2D eigenvalue weighted by atomic mass is 16.5. The molecule has 0 bridgehead atoms. The van der Waals surface area contributed by atoms with Crippen LogP contribution in [0.5, 0.6) is 0 Å². The van der Waals surface area contributed by atoms with E-state index >= 15 is 0 Å². The molecule has 1 fully saturated rings. The van der Waals surface area contributed by atoms with E-state index in [2.05, 4.69) is 133 Å². The second kappa shape index (κ2) is 31.7. The van der Waals surface area contributed by atoms with Gasteiger partial charge in [0.15, 0.2) is 0 Å². The summed E-state index contributed by atoms with van der Waals surface area (Å²) in [5.74, 6) is 1.06. The van der Waals surface area contributed by atoms with Crippen molar-refractivity contribution in [2.75, 3.05) is 20.7 Å². The third kappa shape index (κ3) is 20.8. The molecule has 9 nitrogen and oxygen atoms in total. The number of Topliss-reactive ketones (excluding diaryl/α,β-unsaturated/α-hetero) is 1. The SMILES string of the molecule is CC(=O)C(C)C.CCC.CCC(C)(C)C/C(=C(\c1cccnc1C(C)OC)C(C)C)c1cc(-c2cccc(CCCCCCNNC=O)c2)ccc1C.CNC(C(N)=O)C1CCCC1. The lowest BCUT2D eigenvalue weighted by Crippen LogP contribution is -2.44. The molecule has 0 spiro atoms. The maximum atomic E-state index is 10.9. The Morgan fingerprint density at radius 1 is 0.891 bits per heavy atom.